The van der Waals surface area contributed by atoms with Crippen molar-refractivity contribution in [3.05, 3.63) is 16.3 Å². The van der Waals surface area contributed by atoms with E-state index in [1.165, 1.54) is 37.0 Å². The lowest BCUT2D eigenvalue weighted by Gasteiger charge is -2.28. The monoisotopic (exact) mass is 239 g/mol. The van der Waals surface area contributed by atoms with Gasteiger partial charge in [-0.2, -0.15) is 0 Å². The number of hydrogen-bond acceptors (Lipinski definition) is 3. The maximum absolute atomic E-state index is 10.8. The highest BCUT2D eigenvalue weighted by Crippen LogP contribution is 2.28. The molecule has 1 aliphatic heterocycles. The standard InChI is InChI=1S/C12H17NO2S/c1-9-5-3-2-4-6-13(9)10-7-11(12(14)15)16-8-10/h7-9H,2-6H2,1H3,(H,14,15). The normalized spacial score (nSPS) is 21.8. The lowest BCUT2D eigenvalue weighted by Crippen LogP contribution is -2.31. The number of carboxylic acid groups (broad SMARTS) is 1. The van der Waals surface area contributed by atoms with E-state index in [2.05, 4.69) is 11.8 Å². The van der Waals surface area contributed by atoms with Crippen molar-refractivity contribution in [2.45, 2.75) is 38.6 Å². The number of rotatable bonds is 2. The Morgan fingerprint density at radius 3 is 3.00 bits per heavy atom. The summed E-state index contributed by atoms with van der Waals surface area (Å²) in [4.78, 5) is 13.6. The SMILES string of the molecule is CC1CCCCCN1c1csc(C(=O)O)c1. The van der Waals surface area contributed by atoms with Gasteiger partial charge in [0.25, 0.3) is 0 Å². The van der Waals surface area contributed by atoms with Gasteiger partial charge in [0.2, 0.25) is 0 Å². The number of anilines is 1. The summed E-state index contributed by atoms with van der Waals surface area (Å²) in [6.45, 7) is 3.28. The van der Waals surface area contributed by atoms with Gasteiger partial charge in [0.15, 0.2) is 0 Å². The first-order valence-electron chi connectivity index (χ1n) is 5.77. The number of carbonyl (C=O) groups is 1. The predicted molar refractivity (Wildman–Crippen MR) is 66.6 cm³/mol. The lowest BCUT2D eigenvalue weighted by atomic mass is 10.1. The van der Waals surface area contributed by atoms with Crippen LogP contribution in [0.5, 0.6) is 0 Å². The van der Waals surface area contributed by atoms with Gasteiger partial charge in [0.05, 0.1) is 0 Å². The Hall–Kier alpha value is -1.03. The molecule has 1 N–H and O–H groups in total. The van der Waals surface area contributed by atoms with Crippen molar-refractivity contribution in [2.24, 2.45) is 0 Å². The van der Waals surface area contributed by atoms with Crippen molar-refractivity contribution in [3.63, 3.8) is 0 Å². The van der Waals surface area contributed by atoms with Crippen LogP contribution in [0.3, 0.4) is 0 Å². The summed E-state index contributed by atoms with van der Waals surface area (Å²) in [7, 11) is 0. The van der Waals surface area contributed by atoms with Crippen LogP contribution in [-0.2, 0) is 0 Å². The minimum Gasteiger partial charge on any atom is -0.477 e. The minimum atomic E-state index is -0.821. The van der Waals surface area contributed by atoms with Gasteiger partial charge in [-0.3, -0.25) is 0 Å². The van der Waals surface area contributed by atoms with E-state index in [-0.39, 0.29) is 0 Å². The molecule has 1 aromatic rings. The molecular formula is C12H17NO2S. The molecule has 0 aliphatic carbocycles. The molecular weight excluding hydrogens is 222 g/mol. The zero-order chi connectivity index (χ0) is 11.5. The van der Waals surface area contributed by atoms with Crippen molar-refractivity contribution in [2.75, 3.05) is 11.4 Å². The maximum Gasteiger partial charge on any atom is 0.345 e. The molecule has 2 heterocycles. The molecule has 0 radical (unpaired) electrons. The van der Waals surface area contributed by atoms with E-state index in [1.807, 2.05) is 5.38 Å². The van der Waals surface area contributed by atoms with Gasteiger partial charge < -0.3 is 10.0 Å². The number of nitrogens with zero attached hydrogens (tertiary/aromatic N) is 1. The second-order valence-corrected chi connectivity index (χ2v) is 5.28. The molecule has 0 spiro atoms. The van der Waals surface area contributed by atoms with Crippen LogP contribution in [0.25, 0.3) is 0 Å². The molecule has 1 saturated heterocycles. The van der Waals surface area contributed by atoms with Crippen LogP contribution in [0.4, 0.5) is 5.69 Å². The smallest absolute Gasteiger partial charge is 0.345 e. The highest BCUT2D eigenvalue weighted by atomic mass is 32.1. The highest BCUT2D eigenvalue weighted by Gasteiger charge is 2.19. The highest BCUT2D eigenvalue weighted by molar-refractivity contribution is 7.12. The zero-order valence-corrected chi connectivity index (χ0v) is 10.3. The molecule has 1 aliphatic rings. The van der Waals surface area contributed by atoms with E-state index < -0.39 is 5.97 Å². The Morgan fingerprint density at radius 2 is 2.31 bits per heavy atom. The van der Waals surface area contributed by atoms with E-state index in [0.29, 0.717) is 10.9 Å². The topological polar surface area (TPSA) is 40.5 Å². The van der Waals surface area contributed by atoms with Crippen LogP contribution >= 0.6 is 11.3 Å². The molecule has 16 heavy (non-hydrogen) atoms. The van der Waals surface area contributed by atoms with E-state index >= 15 is 0 Å². The quantitative estimate of drug-likeness (QED) is 0.861. The minimum absolute atomic E-state index is 0.437. The number of thiophene rings is 1. The van der Waals surface area contributed by atoms with Gasteiger partial charge in [0, 0.05) is 23.7 Å². The molecule has 3 nitrogen and oxygen atoms in total. The fourth-order valence-corrected chi connectivity index (χ4v) is 2.99. The molecule has 1 fully saturated rings. The summed E-state index contributed by atoms with van der Waals surface area (Å²) in [5.41, 5.74) is 1.08. The average molecular weight is 239 g/mol. The Balaban J connectivity index is 2.17. The van der Waals surface area contributed by atoms with Gasteiger partial charge in [-0.25, -0.2) is 4.79 Å². The molecule has 0 aromatic carbocycles. The maximum atomic E-state index is 10.8. The van der Waals surface area contributed by atoms with Crippen molar-refractivity contribution in [1.29, 1.82) is 0 Å². The molecule has 0 saturated carbocycles. The van der Waals surface area contributed by atoms with E-state index in [1.54, 1.807) is 6.07 Å². The fraction of sp³-hybridized carbons (Fsp3) is 0.583. The van der Waals surface area contributed by atoms with Gasteiger partial charge in [-0.15, -0.1) is 11.3 Å². The molecule has 88 valence electrons. The first kappa shape index (κ1) is 11.5. The van der Waals surface area contributed by atoms with Crippen molar-refractivity contribution in [3.8, 4) is 0 Å². The van der Waals surface area contributed by atoms with Crippen LogP contribution in [0.15, 0.2) is 11.4 Å². The van der Waals surface area contributed by atoms with Gasteiger partial charge in [-0.1, -0.05) is 12.8 Å². The first-order chi connectivity index (χ1) is 7.68. The Bertz CT molecular complexity index is 375. The second kappa shape index (κ2) is 4.87. The van der Waals surface area contributed by atoms with E-state index in [9.17, 15) is 4.79 Å². The number of carboxylic acids is 1. The third-order valence-electron chi connectivity index (χ3n) is 3.18. The first-order valence-corrected chi connectivity index (χ1v) is 6.65. The second-order valence-electron chi connectivity index (χ2n) is 4.37. The van der Waals surface area contributed by atoms with Crippen LogP contribution in [0.2, 0.25) is 0 Å². The van der Waals surface area contributed by atoms with Crippen molar-refractivity contribution >= 4 is 23.0 Å². The van der Waals surface area contributed by atoms with E-state index in [0.717, 1.165) is 12.2 Å². The van der Waals surface area contributed by atoms with Gasteiger partial charge in [-0.05, 0) is 25.8 Å². The van der Waals surface area contributed by atoms with Crippen LogP contribution in [-0.4, -0.2) is 23.7 Å². The summed E-state index contributed by atoms with van der Waals surface area (Å²) in [6.07, 6.45) is 4.99. The van der Waals surface area contributed by atoms with Gasteiger partial charge >= 0.3 is 5.97 Å². The predicted octanol–water partition coefficient (Wildman–Crippen LogP) is 3.22. The largest absolute Gasteiger partial charge is 0.477 e. The molecule has 0 bridgehead atoms. The van der Waals surface area contributed by atoms with E-state index in [4.69, 9.17) is 5.11 Å². The molecule has 0 amide bonds. The Labute approximate surface area is 99.7 Å². The molecule has 1 unspecified atom stereocenters. The van der Waals surface area contributed by atoms with Crippen molar-refractivity contribution < 1.29 is 9.90 Å². The lowest BCUT2D eigenvalue weighted by molar-refractivity contribution is 0.0702. The molecule has 4 heteroatoms. The Kier molecular flexibility index (Phi) is 3.49. The van der Waals surface area contributed by atoms with Gasteiger partial charge in [0.1, 0.15) is 4.88 Å². The molecule has 1 aromatic heterocycles. The average Bonchev–Trinajstić information content (AvgIpc) is 2.63. The summed E-state index contributed by atoms with van der Waals surface area (Å²) < 4.78 is 0. The summed E-state index contributed by atoms with van der Waals surface area (Å²) in [5, 5.41) is 10.9. The third-order valence-corrected chi connectivity index (χ3v) is 4.09. The Morgan fingerprint density at radius 1 is 1.50 bits per heavy atom. The molecule has 1 atom stereocenters. The van der Waals surface area contributed by atoms with Crippen LogP contribution in [0.1, 0.15) is 42.3 Å². The summed E-state index contributed by atoms with van der Waals surface area (Å²) in [5.74, 6) is -0.821. The zero-order valence-electron chi connectivity index (χ0n) is 9.48. The third kappa shape index (κ3) is 2.38. The van der Waals surface area contributed by atoms with Crippen molar-refractivity contribution in [1.82, 2.24) is 0 Å². The fourth-order valence-electron chi connectivity index (χ4n) is 2.25. The number of hydrogen-bond donors (Lipinski definition) is 1. The van der Waals surface area contributed by atoms with Crippen LogP contribution < -0.4 is 4.90 Å². The summed E-state index contributed by atoms with van der Waals surface area (Å²) in [6, 6.07) is 2.33. The van der Waals surface area contributed by atoms with Crippen LogP contribution in [0, 0.1) is 0 Å². The summed E-state index contributed by atoms with van der Waals surface area (Å²) >= 11 is 1.32. The number of aromatic carboxylic acids is 1. The molecule has 2 rings (SSSR count).